The summed E-state index contributed by atoms with van der Waals surface area (Å²) in [5.41, 5.74) is 1.84. The molecule has 0 radical (unpaired) electrons. The Morgan fingerprint density at radius 1 is 1.19 bits per heavy atom. The molecular formula is C16H16Cl2N2O. The Labute approximate surface area is 134 Å². The second-order valence-corrected chi connectivity index (χ2v) is 5.56. The zero-order valence-electron chi connectivity index (χ0n) is 11.6. The fraction of sp³-hybridized carbons (Fsp3) is 0.250. The number of hydrogen-bond acceptors (Lipinski definition) is 3. The highest BCUT2D eigenvalue weighted by molar-refractivity contribution is 6.33. The van der Waals surface area contributed by atoms with Crippen LogP contribution >= 0.6 is 23.2 Å². The van der Waals surface area contributed by atoms with E-state index in [9.17, 15) is 4.79 Å². The van der Waals surface area contributed by atoms with E-state index in [1.807, 2.05) is 37.3 Å². The number of rotatable bonds is 6. The van der Waals surface area contributed by atoms with Crippen molar-refractivity contribution in [3.05, 3.63) is 63.9 Å². The highest BCUT2D eigenvalue weighted by atomic mass is 35.5. The summed E-state index contributed by atoms with van der Waals surface area (Å²) in [6, 6.07) is 13.1. The van der Waals surface area contributed by atoms with Crippen LogP contribution in [0.15, 0.2) is 42.5 Å². The predicted molar refractivity (Wildman–Crippen MR) is 85.7 cm³/mol. The minimum Gasteiger partial charge on any atom is -0.304 e. The maximum atomic E-state index is 12.2. The molecule has 2 aromatic rings. The fourth-order valence-electron chi connectivity index (χ4n) is 1.89. The van der Waals surface area contributed by atoms with Crippen LogP contribution in [0.1, 0.15) is 18.1 Å². The Hall–Kier alpha value is -1.42. The van der Waals surface area contributed by atoms with Crippen LogP contribution < -0.4 is 5.32 Å². The lowest BCUT2D eigenvalue weighted by Crippen LogP contribution is -2.34. The average molecular weight is 323 g/mol. The smallest absolute Gasteiger partial charge is 0.153 e. The van der Waals surface area contributed by atoms with E-state index >= 15 is 0 Å². The SMILES string of the molecule is C[C@@H](NCc1ccccc1)C(=O)Cc1ccc(Cl)nc1Cl. The molecule has 0 unspecified atom stereocenters. The summed E-state index contributed by atoms with van der Waals surface area (Å²) in [4.78, 5) is 16.1. The number of benzene rings is 1. The third-order valence-corrected chi connectivity index (χ3v) is 3.73. The van der Waals surface area contributed by atoms with Gasteiger partial charge in [-0.05, 0) is 24.1 Å². The minimum atomic E-state index is -0.253. The Morgan fingerprint density at radius 2 is 1.90 bits per heavy atom. The van der Waals surface area contributed by atoms with Gasteiger partial charge in [-0.25, -0.2) is 4.98 Å². The van der Waals surface area contributed by atoms with Gasteiger partial charge in [-0.1, -0.05) is 59.6 Å². The summed E-state index contributed by atoms with van der Waals surface area (Å²) in [6.45, 7) is 2.50. The lowest BCUT2D eigenvalue weighted by atomic mass is 10.1. The van der Waals surface area contributed by atoms with Gasteiger partial charge in [0.2, 0.25) is 0 Å². The molecule has 0 saturated heterocycles. The van der Waals surface area contributed by atoms with Gasteiger partial charge >= 0.3 is 0 Å². The van der Waals surface area contributed by atoms with E-state index < -0.39 is 0 Å². The van der Waals surface area contributed by atoms with Crippen LogP contribution in [0.3, 0.4) is 0 Å². The van der Waals surface area contributed by atoms with Crippen LogP contribution in [-0.4, -0.2) is 16.8 Å². The van der Waals surface area contributed by atoms with Gasteiger partial charge in [-0.2, -0.15) is 0 Å². The Morgan fingerprint density at radius 3 is 2.57 bits per heavy atom. The standard InChI is InChI=1S/C16H16Cl2N2O/c1-11(19-10-12-5-3-2-4-6-12)14(21)9-13-7-8-15(17)20-16(13)18/h2-8,11,19H,9-10H2,1H3/t11-/m1/s1. The van der Waals surface area contributed by atoms with Crippen molar-refractivity contribution in [1.82, 2.24) is 10.3 Å². The second kappa shape index (κ2) is 7.55. The van der Waals surface area contributed by atoms with E-state index in [1.165, 1.54) is 0 Å². The van der Waals surface area contributed by atoms with Crippen LogP contribution in [-0.2, 0) is 17.8 Å². The number of halogens is 2. The van der Waals surface area contributed by atoms with Crippen molar-refractivity contribution in [2.45, 2.75) is 25.9 Å². The molecule has 21 heavy (non-hydrogen) atoms. The quantitative estimate of drug-likeness (QED) is 0.825. The molecule has 110 valence electrons. The zero-order valence-corrected chi connectivity index (χ0v) is 13.2. The molecule has 1 heterocycles. The average Bonchev–Trinajstić information content (AvgIpc) is 2.48. The van der Waals surface area contributed by atoms with Gasteiger partial charge < -0.3 is 5.32 Å². The molecule has 0 aliphatic rings. The second-order valence-electron chi connectivity index (χ2n) is 4.82. The number of hydrogen-bond donors (Lipinski definition) is 1. The third-order valence-electron chi connectivity index (χ3n) is 3.19. The number of nitrogens with zero attached hydrogens (tertiary/aromatic N) is 1. The summed E-state index contributed by atoms with van der Waals surface area (Å²) in [6.07, 6.45) is 0.242. The van der Waals surface area contributed by atoms with Crippen LogP contribution in [0.4, 0.5) is 0 Å². The first-order chi connectivity index (χ1) is 10.1. The van der Waals surface area contributed by atoms with Crippen molar-refractivity contribution in [1.29, 1.82) is 0 Å². The Kier molecular flexibility index (Phi) is 5.74. The van der Waals surface area contributed by atoms with Gasteiger partial charge in [0.05, 0.1) is 6.04 Å². The highest BCUT2D eigenvalue weighted by Gasteiger charge is 2.15. The molecule has 0 aliphatic heterocycles. The molecule has 0 saturated carbocycles. The van der Waals surface area contributed by atoms with E-state index in [1.54, 1.807) is 12.1 Å². The topological polar surface area (TPSA) is 42.0 Å². The van der Waals surface area contributed by atoms with E-state index in [-0.39, 0.29) is 23.4 Å². The monoisotopic (exact) mass is 322 g/mol. The first-order valence-corrected chi connectivity index (χ1v) is 7.43. The number of carbonyl (C=O) groups excluding carboxylic acids is 1. The van der Waals surface area contributed by atoms with Gasteiger partial charge in [0.1, 0.15) is 10.3 Å². The number of aromatic nitrogens is 1. The maximum Gasteiger partial charge on any atom is 0.153 e. The molecule has 1 aromatic carbocycles. The van der Waals surface area contributed by atoms with E-state index in [4.69, 9.17) is 23.2 Å². The summed E-state index contributed by atoms with van der Waals surface area (Å²) in [5.74, 6) is 0.0666. The summed E-state index contributed by atoms with van der Waals surface area (Å²) >= 11 is 11.7. The molecule has 3 nitrogen and oxygen atoms in total. The summed E-state index contributed by atoms with van der Waals surface area (Å²) in [5, 5.41) is 3.82. The Balaban J connectivity index is 1.90. The Bertz CT molecular complexity index is 617. The molecule has 2 rings (SSSR count). The van der Waals surface area contributed by atoms with Gasteiger partial charge in [0.15, 0.2) is 5.78 Å². The molecule has 0 fully saturated rings. The fourth-order valence-corrected chi connectivity index (χ4v) is 2.31. The van der Waals surface area contributed by atoms with Crippen LogP contribution in [0.25, 0.3) is 0 Å². The number of nitrogens with one attached hydrogen (secondary N) is 1. The first-order valence-electron chi connectivity index (χ1n) is 6.67. The molecule has 1 N–H and O–H groups in total. The molecule has 0 aliphatic carbocycles. The lowest BCUT2D eigenvalue weighted by Gasteiger charge is -2.13. The molecular weight excluding hydrogens is 307 g/mol. The maximum absolute atomic E-state index is 12.2. The van der Waals surface area contributed by atoms with Gasteiger partial charge in [-0.15, -0.1) is 0 Å². The summed E-state index contributed by atoms with van der Waals surface area (Å²) in [7, 11) is 0. The number of pyridine rings is 1. The lowest BCUT2D eigenvalue weighted by molar-refractivity contribution is -0.120. The van der Waals surface area contributed by atoms with Crippen molar-refractivity contribution in [2.75, 3.05) is 0 Å². The van der Waals surface area contributed by atoms with Gasteiger partial charge in [0, 0.05) is 13.0 Å². The van der Waals surface area contributed by atoms with E-state index in [0.717, 1.165) is 5.56 Å². The van der Waals surface area contributed by atoms with E-state index in [0.29, 0.717) is 17.3 Å². The van der Waals surface area contributed by atoms with E-state index in [2.05, 4.69) is 10.3 Å². The molecule has 0 spiro atoms. The molecule has 1 atom stereocenters. The highest BCUT2D eigenvalue weighted by Crippen LogP contribution is 2.17. The normalized spacial score (nSPS) is 12.1. The van der Waals surface area contributed by atoms with Crippen molar-refractivity contribution in [3.8, 4) is 0 Å². The van der Waals surface area contributed by atoms with Crippen LogP contribution in [0, 0.1) is 0 Å². The van der Waals surface area contributed by atoms with Crippen LogP contribution in [0.2, 0.25) is 10.3 Å². The molecule has 0 bridgehead atoms. The van der Waals surface area contributed by atoms with Crippen molar-refractivity contribution in [3.63, 3.8) is 0 Å². The number of ketones is 1. The molecule has 1 aromatic heterocycles. The van der Waals surface area contributed by atoms with Gasteiger partial charge in [-0.3, -0.25) is 4.79 Å². The number of carbonyl (C=O) groups is 1. The van der Waals surface area contributed by atoms with Crippen molar-refractivity contribution in [2.24, 2.45) is 0 Å². The van der Waals surface area contributed by atoms with Crippen LogP contribution in [0.5, 0.6) is 0 Å². The minimum absolute atomic E-state index is 0.0666. The third kappa shape index (κ3) is 4.81. The molecule has 5 heteroatoms. The summed E-state index contributed by atoms with van der Waals surface area (Å²) < 4.78 is 0. The number of Topliss-reactive ketones (excluding diaryl/α,β-unsaturated/α-hetero) is 1. The van der Waals surface area contributed by atoms with Gasteiger partial charge in [0.25, 0.3) is 0 Å². The zero-order chi connectivity index (χ0) is 15.2. The predicted octanol–water partition coefficient (Wildman–Crippen LogP) is 3.68. The molecule has 0 amide bonds. The van der Waals surface area contributed by atoms with Crippen molar-refractivity contribution < 1.29 is 4.79 Å². The first kappa shape index (κ1) is 16.0. The van der Waals surface area contributed by atoms with Crippen molar-refractivity contribution >= 4 is 29.0 Å². The largest absolute Gasteiger partial charge is 0.304 e.